The molecule has 3 aromatic rings. The molecule has 0 atom stereocenters. The third-order valence-electron chi connectivity index (χ3n) is 5.51. The Bertz CT molecular complexity index is 1210. The van der Waals surface area contributed by atoms with Crippen LogP contribution >= 0.6 is 0 Å². The largest absolute Gasteiger partial charge is 0.450 e. The molecule has 0 saturated carbocycles. The molecule has 1 amide bonds. The highest BCUT2D eigenvalue weighted by Crippen LogP contribution is 2.31. The first-order valence-electron chi connectivity index (χ1n) is 9.65. The first-order chi connectivity index (χ1) is 13.8. The summed E-state index contributed by atoms with van der Waals surface area (Å²) in [7, 11) is -3.51. The summed E-state index contributed by atoms with van der Waals surface area (Å²) in [6.07, 6.45) is 0.707. The molecular weight excluding hydrogens is 388 g/mol. The van der Waals surface area contributed by atoms with Gasteiger partial charge in [0.1, 0.15) is 5.58 Å². The lowest BCUT2D eigenvalue weighted by Gasteiger charge is -2.19. The van der Waals surface area contributed by atoms with Gasteiger partial charge in [0.05, 0.1) is 11.4 Å². The lowest BCUT2D eigenvalue weighted by Crippen LogP contribution is -2.37. The molecule has 2 heterocycles. The van der Waals surface area contributed by atoms with Gasteiger partial charge in [0.25, 0.3) is 5.91 Å². The second-order valence-electron chi connectivity index (χ2n) is 7.48. The normalized spacial score (nSPS) is 13.7. The number of para-hydroxylation sites is 1. The maximum atomic E-state index is 12.8. The van der Waals surface area contributed by atoms with Crippen molar-refractivity contribution in [3.63, 3.8) is 0 Å². The summed E-state index contributed by atoms with van der Waals surface area (Å²) in [5.41, 5.74) is 5.25. The summed E-state index contributed by atoms with van der Waals surface area (Å²) in [5, 5.41) is 3.65. The summed E-state index contributed by atoms with van der Waals surface area (Å²) in [6.45, 7) is 6.23. The Labute approximate surface area is 170 Å². The number of hydrogen-bond acceptors (Lipinski definition) is 4. The number of carbonyl (C=O) groups is 1. The molecule has 7 heteroatoms. The van der Waals surface area contributed by atoms with Crippen molar-refractivity contribution >= 4 is 32.6 Å². The number of furan rings is 1. The number of aryl methyl sites for hydroxylation is 3. The van der Waals surface area contributed by atoms with Crippen molar-refractivity contribution in [1.82, 2.24) is 5.32 Å². The molecule has 1 aliphatic rings. The first-order valence-corrected chi connectivity index (χ1v) is 11.3. The molecule has 0 unspecified atom stereocenters. The zero-order chi connectivity index (χ0) is 20.8. The summed E-state index contributed by atoms with van der Waals surface area (Å²) in [4.78, 5) is 12.6. The Morgan fingerprint density at radius 2 is 1.83 bits per heavy atom. The van der Waals surface area contributed by atoms with E-state index in [1.165, 1.54) is 4.31 Å². The average molecular weight is 413 g/mol. The van der Waals surface area contributed by atoms with Gasteiger partial charge >= 0.3 is 0 Å². The molecule has 4 rings (SSSR count). The van der Waals surface area contributed by atoms with Gasteiger partial charge in [0.2, 0.25) is 10.0 Å². The van der Waals surface area contributed by atoms with E-state index >= 15 is 0 Å². The van der Waals surface area contributed by atoms with Gasteiger partial charge in [-0.25, -0.2) is 8.42 Å². The van der Waals surface area contributed by atoms with E-state index in [9.17, 15) is 13.2 Å². The van der Waals surface area contributed by atoms with Gasteiger partial charge in [-0.05, 0) is 49.9 Å². The van der Waals surface area contributed by atoms with Crippen molar-refractivity contribution in [2.75, 3.05) is 23.1 Å². The fourth-order valence-electron chi connectivity index (χ4n) is 3.97. The van der Waals surface area contributed by atoms with Crippen LogP contribution in [-0.4, -0.2) is 33.2 Å². The minimum atomic E-state index is -3.51. The molecule has 1 N–H and O–H groups in total. The minimum absolute atomic E-state index is 0.0221. The van der Waals surface area contributed by atoms with Gasteiger partial charge in [-0.3, -0.25) is 9.10 Å². The number of benzene rings is 2. The quantitative estimate of drug-likeness (QED) is 0.696. The molecule has 0 spiro atoms. The van der Waals surface area contributed by atoms with Crippen LogP contribution in [0.15, 0.2) is 40.8 Å². The van der Waals surface area contributed by atoms with E-state index in [2.05, 4.69) is 5.32 Å². The lowest BCUT2D eigenvalue weighted by atomic mass is 10.0. The van der Waals surface area contributed by atoms with E-state index in [0.29, 0.717) is 18.5 Å². The SMILES string of the molecule is Cc1ccc(C)c2c(C)c(C(=O)NCCS(=O)(=O)N3CCc4ccccc43)oc12. The van der Waals surface area contributed by atoms with Crippen molar-refractivity contribution in [2.45, 2.75) is 27.2 Å². The van der Waals surface area contributed by atoms with Crippen LogP contribution in [-0.2, 0) is 16.4 Å². The monoisotopic (exact) mass is 412 g/mol. The van der Waals surface area contributed by atoms with E-state index in [-0.39, 0.29) is 18.1 Å². The van der Waals surface area contributed by atoms with Crippen LogP contribution in [0.1, 0.15) is 32.8 Å². The molecule has 29 heavy (non-hydrogen) atoms. The average Bonchev–Trinajstić information content (AvgIpc) is 3.27. The fraction of sp³-hybridized carbons (Fsp3) is 0.318. The second kappa shape index (κ2) is 7.22. The van der Waals surface area contributed by atoms with Crippen LogP contribution < -0.4 is 9.62 Å². The molecule has 0 radical (unpaired) electrons. The van der Waals surface area contributed by atoms with Crippen molar-refractivity contribution in [1.29, 1.82) is 0 Å². The van der Waals surface area contributed by atoms with E-state index in [1.54, 1.807) is 0 Å². The molecule has 0 bridgehead atoms. The fourth-order valence-corrected chi connectivity index (χ4v) is 5.40. The molecule has 152 valence electrons. The second-order valence-corrected chi connectivity index (χ2v) is 9.50. The van der Waals surface area contributed by atoms with E-state index in [0.717, 1.165) is 33.3 Å². The number of nitrogens with one attached hydrogen (secondary N) is 1. The first kappa shape index (κ1) is 19.5. The molecule has 1 aromatic heterocycles. The molecule has 0 aliphatic carbocycles. The van der Waals surface area contributed by atoms with E-state index < -0.39 is 15.9 Å². The highest BCUT2D eigenvalue weighted by atomic mass is 32.2. The van der Waals surface area contributed by atoms with Crippen LogP contribution in [0.4, 0.5) is 5.69 Å². The Balaban J connectivity index is 1.47. The Hall–Kier alpha value is -2.80. The third-order valence-corrected chi connectivity index (χ3v) is 7.29. The third kappa shape index (κ3) is 3.40. The zero-order valence-corrected chi connectivity index (χ0v) is 17.6. The van der Waals surface area contributed by atoms with Crippen LogP contribution in [0.5, 0.6) is 0 Å². The molecule has 0 fully saturated rings. The zero-order valence-electron chi connectivity index (χ0n) is 16.8. The summed E-state index contributed by atoms with van der Waals surface area (Å²) in [5.74, 6) is -0.319. The number of hydrogen-bond donors (Lipinski definition) is 1. The Kier molecular flexibility index (Phi) is 4.86. The minimum Gasteiger partial charge on any atom is -0.450 e. The summed E-state index contributed by atoms with van der Waals surface area (Å²) >= 11 is 0. The number of rotatable bonds is 5. The number of carbonyl (C=O) groups excluding carboxylic acids is 1. The topological polar surface area (TPSA) is 79.6 Å². The molecule has 2 aromatic carbocycles. The van der Waals surface area contributed by atoms with Crippen LogP contribution in [0.25, 0.3) is 11.0 Å². The highest BCUT2D eigenvalue weighted by Gasteiger charge is 2.29. The number of fused-ring (bicyclic) bond motifs is 2. The van der Waals surface area contributed by atoms with Gasteiger partial charge in [0.15, 0.2) is 5.76 Å². The van der Waals surface area contributed by atoms with Crippen molar-refractivity contribution in [3.8, 4) is 0 Å². The van der Waals surface area contributed by atoms with E-state index in [4.69, 9.17) is 4.42 Å². The standard InChI is InChI=1S/C22H24N2O4S/c1-14-8-9-15(2)20-19(14)16(3)21(28-20)22(25)23-11-13-29(26,27)24-12-10-17-6-4-5-7-18(17)24/h4-9H,10-13H2,1-3H3,(H,23,25). The van der Waals surface area contributed by atoms with Gasteiger partial charge in [0, 0.05) is 24.0 Å². The van der Waals surface area contributed by atoms with Crippen molar-refractivity contribution in [2.24, 2.45) is 0 Å². The van der Waals surface area contributed by atoms with Crippen LogP contribution in [0, 0.1) is 20.8 Å². The lowest BCUT2D eigenvalue weighted by molar-refractivity contribution is 0.0930. The maximum Gasteiger partial charge on any atom is 0.287 e. The van der Waals surface area contributed by atoms with Crippen LogP contribution in [0.3, 0.4) is 0 Å². The smallest absolute Gasteiger partial charge is 0.287 e. The highest BCUT2D eigenvalue weighted by molar-refractivity contribution is 7.92. The number of sulfonamides is 1. The van der Waals surface area contributed by atoms with Crippen LogP contribution in [0.2, 0.25) is 0 Å². The Morgan fingerprint density at radius 3 is 2.59 bits per heavy atom. The number of nitrogens with zero attached hydrogens (tertiary/aromatic N) is 1. The predicted octanol–water partition coefficient (Wildman–Crippen LogP) is 3.48. The summed E-state index contributed by atoms with van der Waals surface area (Å²) < 4.78 is 32.8. The Morgan fingerprint density at radius 1 is 1.10 bits per heavy atom. The van der Waals surface area contributed by atoms with Gasteiger partial charge in [-0.2, -0.15) is 0 Å². The van der Waals surface area contributed by atoms with Gasteiger partial charge in [-0.15, -0.1) is 0 Å². The van der Waals surface area contributed by atoms with E-state index in [1.807, 2.05) is 57.2 Å². The van der Waals surface area contributed by atoms with Gasteiger partial charge in [-0.1, -0.05) is 30.3 Å². The predicted molar refractivity (Wildman–Crippen MR) is 114 cm³/mol. The summed E-state index contributed by atoms with van der Waals surface area (Å²) in [6, 6.07) is 11.5. The maximum absolute atomic E-state index is 12.8. The number of amides is 1. The number of anilines is 1. The molecule has 6 nitrogen and oxygen atoms in total. The molecular formula is C22H24N2O4S. The van der Waals surface area contributed by atoms with Crippen molar-refractivity contribution < 1.29 is 17.6 Å². The molecule has 1 aliphatic heterocycles. The van der Waals surface area contributed by atoms with Crippen molar-refractivity contribution in [3.05, 3.63) is 64.4 Å². The molecule has 0 saturated heterocycles. The van der Waals surface area contributed by atoms with Gasteiger partial charge < -0.3 is 9.73 Å².